The number of carbonyl (C=O) groups is 1. The van der Waals surface area contributed by atoms with Gasteiger partial charge >= 0.3 is 0 Å². The fourth-order valence-electron chi connectivity index (χ4n) is 1.67. The highest BCUT2D eigenvalue weighted by atomic mass is 16.2. The van der Waals surface area contributed by atoms with Crippen molar-refractivity contribution in [1.82, 2.24) is 10.2 Å². The van der Waals surface area contributed by atoms with Crippen molar-refractivity contribution in [2.45, 2.75) is 0 Å². The lowest BCUT2D eigenvalue weighted by Gasteiger charge is -2.22. The number of hydrogen-bond acceptors (Lipinski definition) is 4. The van der Waals surface area contributed by atoms with Crippen molar-refractivity contribution in [2.24, 2.45) is 0 Å². The highest BCUT2D eigenvalue weighted by molar-refractivity contribution is 5.96. The van der Waals surface area contributed by atoms with Crippen LogP contribution in [0.25, 0.3) is 0 Å². The van der Waals surface area contributed by atoms with Crippen LogP contribution in [0.4, 0.5) is 11.4 Å². The number of hydrogen-bond donors (Lipinski definition) is 2. The van der Waals surface area contributed by atoms with Gasteiger partial charge in [-0.2, -0.15) is 0 Å². The van der Waals surface area contributed by atoms with Crippen LogP contribution < -0.4 is 16.0 Å². The largest absolute Gasteiger partial charge is 0.397 e. The highest BCUT2D eigenvalue weighted by Crippen LogP contribution is 2.23. The van der Waals surface area contributed by atoms with Gasteiger partial charge in [0, 0.05) is 39.8 Å². The Labute approximate surface area is 109 Å². The summed E-state index contributed by atoms with van der Waals surface area (Å²) in [6, 6.07) is 5.38. The van der Waals surface area contributed by atoms with E-state index in [1.807, 2.05) is 25.1 Å². The molecule has 0 heterocycles. The predicted octanol–water partition coefficient (Wildman–Crippen LogP) is 0.626. The summed E-state index contributed by atoms with van der Waals surface area (Å²) < 4.78 is 0. The zero-order chi connectivity index (χ0) is 13.7. The standard InChI is InChI=1S/C13H22N4O/c1-15-7-8-17(4)12-9-10(5-6-11(12)14)13(18)16(2)3/h5-6,9,15H,7-8,14H2,1-4H3. The molecule has 0 saturated heterocycles. The van der Waals surface area contributed by atoms with E-state index in [9.17, 15) is 4.79 Å². The van der Waals surface area contributed by atoms with Crippen molar-refractivity contribution in [1.29, 1.82) is 0 Å². The molecule has 0 atom stereocenters. The molecule has 0 aliphatic carbocycles. The molecule has 100 valence electrons. The van der Waals surface area contributed by atoms with Gasteiger partial charge in [0.1, 0.15) is 0 Å². The van der Waals surface area contributed by atoms with Crippen molar-refractivity contribution < 1.29 is 4.79 Å². The zero-order valence-corrected chi connectivity index (χ0v) is 11.5. The van der Waals surface area contributed by atoms with Gasteiger partial charge in [-0.1, -0.05) is 0 Å². The first-order chi connectivity index (χ1) is 8.47. The first-order valence-electron chi connectivity index (χ1n) is 5.94. The van der Waals surface area contributed by atoms with Crippen LogP contribution in [0.3, 0.4) is 0 Å². The van der Waals surface area contributed by atoms with E-state index in [0.29, 0.717) is 11.3 Å². The Morgan fingerprint density at radius 1 is 1.33 bits per heavy atom. The molecule has 0 aliphatic heterocycles. The second-order valence-electron chi connectivity index (χ2n) is 4.50. The lowest BCUT2D eigenvalue weighted by Crippen LogP contribution is -2.28. The average molecular weight is 250 g/mol. The van der Waals surface area contributed by atoms with Crippen molar-refractivity contribution in [2.75, 3.05) is 51.9 Å². The molecule has 0 saturated carbocycles. The number of nitrogens with one attached hydrogen (secondary N) is 1. The van der Waals surface area contributed by atoms with E-state index in [1.54, 1.807) is 31.1 Å². The molecule has 3 N–H and O–H groups in total. The second-order valence-corrected chi connectivity index (χ2v) is 4.50. The van der Waals surface area contributed by atoms with E-state index in [0.717, 1.165) is 18.8 Å². The Morgan fingerprint density at radius 3 is 2.56 bits per heavy atom. The van der Waals surface area contributed by atoms with Crippen LogP contribution in [-0.4, -0.2) is 52.1 Å². The second kappa shape index (κ2) is 6.26. The molecule has 1 aromatic carbocycles. The summed E-state index contributed by atoms with van der Waals surface area (Å²) in [5, 5.41) is 3.09. The lowest BCUT2D eigenvalue weighted by atomic mass is 10.1. The topological polar surface area (TPSA) is 61.6 Å². The molecular weight excluding hydrogens is 228 g/mol. The van der Waals surface area contributed by atoms with E-state index in [1.165, 1.54) is 0 Å². The monoisotopic (exact) mass is 250 g/mol. The van der Waals surface area contributed by atoms with Gasteiger partial charge in [0.15, 0.2) is 0 Å². The third-order valence-electron chi connectivity index (χ3n) is 2.79. The van der Waals surface area contributed by atoms with Crippen LogP contribution in [0.1, 0.15) is 10.4 Å². The Hall–Kier alpha value is -1.75. The van der Waals surface area contributed by atoms with Crippen LogP contribution >= 0.6 is 0 Å². The number of amides is 1. The minimum absolute atomic E-state index is 0.0155. The minimum atomic E-state index is -0.0155. The normalized spacial score (nSPS) is 10.2. The van der Waals surface area contributed by atoms with E-state index < -0.39 is 0 Å². The van der Waals surface area contributed by atoms with E-state index in [2.05, 4.69) is 5.32 Å². The molecular formula is C13H22N4O. The predicted molar refractivity (Wildman–Crippen MR) is 76.1 cm³/mol. The Kier molecular flexibility index (Phi) is 4.97. The maximum atomic E-state index is 11.9. The summed E-state index contributed by atoms with van der Waals surface area (Å²) in [5.41, 5.74) is 8.18. The molecule has 18 heavy (non-hydrogen) atoms. The van der Waals surface area contributed by atoms with Crippen molar-refractivity contribution in [3.05, 3.63) is 23.8 Å². The van der Waals surface area contributed by atoms with Gasteiger partial charge in [-0.25, -0.2) is 0 Å². The Balaban J connectivity index is 2.97. The van der Waals surface area contributed by atoms with E-state index >= 15 is 0 Å². The van der Waals surface area contributed by atoms with Crippen molar-refractivity contribution >= 4 is 17.3 Å². The third kappa shape index (κ3) is 3.37. The number of anilines is 2. The smallest absolute Gasteiger partial charge is 0.253 e. The van der Waals surface area contributed by atoms with E-state index in [-0.39, 0.29) is 5.91 Å². The van der Waals surface area contributed by atoms with Crippen molar-refractivity contribution in [3.63, 3.8) is 0 Å². The van der Waals surface area contributed by atoms with Gasteiger partial charge in [0.2, 0.25) is 0 Å². The molecule has 0 fully saturated rings. The molecule has 0 aromatic heterocycles. The summed E-state index contributed by atoms with van der Waals surface area (Å²) in [6.45, 7) is 1.70. The van der Waals surface area contributed by atoms with Gasteiger partial charge in [-0.15, -0.1) is 0 Å². The first kappa shape index (κ1) is 14.3. The number of benzene rings is 1. The van der Waals surface area contributed by atoms with Gasteiger partial charge in [-0.3, -0.25) is 4.79 Å². The fourth-order valence-corrected chi connectivity index (χ4v) is 1.67. The number of carbonyl (C=O) groups excluding carboxylic acids is 1. The molecule has 5 heteroatoms. The number of nitrogen functional groups attached to an aromatic ring is 1. The van der Waals surface area contributed by atoms with Crippen molar-refractivity contribution in [3.8, 4) is 0 Å². The number of nitrogens with zero attached hydrogens (tertiary/aromatic N) is 2. The number of likely N-dealkylation sites (N-methyl/N-ethyl adjacent to an activating group) is 2. The molecule has 0 bridgehead atoms. The molecule has 0 radical (unpaired) electrons. The molecule has 1 rings (SSSR count). The Bertz CT molecular complexity index is 417. The third-order valence-corrected chi connectivity index (χ3v) is 2.79. The maximum Gasteiger partial charge on any atom is 0.253 e. The molecule has 1 aromatic rings. The molecule has 0 unspecified atom stereocenters. The summed E-state index contributed by atoms with van der Waals surface area (Å²) in [5.74, 6) is -0.0155. The van der Waals surface area contributed by atoms with Gasteiger partial charge < -0.3 is 20.9 Å². The number of nitrogens with two attached hydrogens (primary N) is 1. The summed E-state index contributed by atoms with van der Waals surface area (Å²) >= 11 is 0. The summed E-state index contributed by atoms with van der Waals surface area (Å²) in [7, 11) is 7.35. The van der Waals surface area contributed by atoms with Gasteiger partial charge in [-0.05, 0) is 25.2 Å². The average Bonchev–Trinajstić information content (AvgIpc) is 2.35. The lowest BCUT2D eigenvalue weighted by molar-refractivity contribution is 0.0827. The zero-order valence-electron chi connectivity index (χ0n) is 11.5. The van der Waals surface area contributed by atoms with E-state index in [4.69, 9.17) is 5.73 Å². The number of rotatable bonds is 5. The van der Waals surface area contributed by atoms with Gasteiger partial charge in [0.05, 0.1) is 11.4 Å². The maximum absolute atomic E-state index is 11.9. The quantitative estimate of drug-likeness (QED) is 0.752. The Morgan fingerprint density at radius 2 is 2.00 bits per heavy atom. The van der Waals surface area contributed by atoms with Crippen LogP contribution in [0.15, 0.2) is 18.2 Å². The molecule has 1 amide bonds. The summed E-state index contributed by atoms with van der Waals surface area (Å²) in [6.07, 6.45) is 0. The highest BCUT2D eigenvalue weighted by Gasteiger charge is 2.12. The van der Waals surface area contributed by atoms with Gasteiger partial charge in [0.25, 0.3) is 5.91 Å². The van der Waals surface area contributed by atoms with Crippen LogP contribution in [0.5, 0.6) is 0 Å². The molecule has 0 spiro atoms. The van der Waals surface area contributed by atoms with Crippen LogP contribution in [-0.2, 0) is 0 Å². The van der Waals surface area contributed by atoms with Crippen LogP contribution in [0, 0.1) is 0 Å². The summed E-state index contributed by atoms with van der Waals surface area (Å²) in [4.78, 5) is 15.5. The molecule has 0 aliphatic rings. The molecule has 5 nitrogen and oxygen atoms in total. The van der Waals surface area contributed by atoms with Crippen LogP contribution in [0.2, 0.25) is 0 Å². The SMILES string of the molecule is CNCCN(C)c1cc(C(=O)N(C)C)ccc1N. The minimum Gasteiger partial charge on any atom is -0.397 e. The fraction of sp³-hybridized carbons (Fsp3) is 0.462. The first-order valence-corrected chi connectivity index (χ1v) is 5.94.